The lowest BCUT2D eigenvalue weighted by molar-refractivity contribution is -0.141. The van der Waals surface area contributed by atoms with Gasteiger partial charge in [0.1, 0.15) is 6.07 Å². The second-order valence-corrected chi connectivity index (χ2v) is 12.8. The van der Waals surface area contributed by atoms with Crippen molar-refractivity contribution < 1.29 is 32.0 Å². The van der Waals surface area contributed by atoms with Crippen molar-refractivity contribution in [2.45, 2.75) is 168 Å². The fourth-order valence-corrected chi connectivity index (χ4v) is 4.91. The molecule has 0 fully saturated rings. The summed E-state index contributed by atoms with van der Waals surface area (Å²) in [5.41, 5.74) is 0. The highest BCUT2D eigenvalue weighted by molar-refractivity contribution is 8.10. The van der Waals surface area contributed by atoms with E-state index in [2.05, 4.69) is 33.4 Å². The molecule has 0 aliphatic rings. The van der Waals surface area contributed by atoms with Crippen molar-refractivity contribution in [3.05, 3.63) is 0 Å². The van der Waals surface area contributed by atoms with E-state index in [4.69, 9.17) is 28.3 Å². The van der Waals surface area contributed by atoms with Crippen molar-refractivity contribution >= 4 is 55.2 Å². The van der Waals surface area contributed by atoms with Gasteiger partial charge in [0.05, 0.1) is 0 Å². The molecule has 248 valence electrons. The molecule has 0 bridgehead atoms. The van der Waals surface area contributed by atoms with Crippen LogP contribution in [0.5, 0.6) is 0 Å². The van der Waals surface area contributed by atoms with Crippen molar-refractivity contribution in [1.82, 2.24) is 0 Å². The van der Waals surface area contributed by atoms with Crippen molar-refractivity contribution in [3.63, 3.8) is 0 Å². The summed E-state index contributed by atoms with van der Waals surface area (Å²) in [5, 5.41) is 8.46. The molecule has 0 heterocycles. The van der Waals surface area contributed by atoms with Gasteiger partial charge in [0, 0.05) is 23.5 Å². The number of hydrogen-bond donors (Lipinski definition) is 1. The number of carboxylic acids is 1. The minimum absolute atomic E-state index is 0.0170. The summed E-state index contributed by atoms with van der Waals surface area (Å²) in [6, 6.07) is -0.456. The van der Waals surface area contributed by atoms with Gasteiger partial charge in [0.25, 0.3) is 0 Å². The van der Waals surface area contributed by atoms with E-state index in [0.29, 0.717) is 12.8 Å². The monoisotopic (exact) mass is 668 g/mol. The zero-order valence-corrected chi connectivity index (χ0v) is 28.9. The van der Waals surface area contributed by atoms with Gasteiger partial charge in [-0.3, -0.25) is 9.59 Å². The van der Waals surface area contributed by atoms with Crippen LogP contribution >= 0.6 is 33.9 Å². The number of esters is 1. The van der Waals surface area contributed by atoms with Crippen LogP contribution in [0.1, 0.15) is 168 Å². The molecule has 0 aromatic carbocycles. The van der Waals surface area contributed by atoms with E-state index in [1.807, 2.05) is 0 Å². The molecule has 0 amide bonds. The smallest absolute Gasteiger partial charge is 0.356 e. The Morgan fingerprint density at radius 3 is 1.12 bits per heavy atom. The average molecular weight is 670 g/mol. The van der Waals surface area contributed by atoms with E-state index >= 15 is 0 Å². The summed E-state index contributed by atoms with van der Waals surface area (Å²) in [6.07, 6.45) is 29.1. The highest BCUT2D eigenvalue weighted by Crippen LogP contribution is 2.13. The molecule has 0 atom stereocenters. The van der Waals surface area contributed by atoms with Crippen LogP contribution in [0, 0.1) is 0 Å². The molecule has 0 spiro atoms. The Labute approximate surface area is 266 Å². The summed E-state index contributed by atoms with van der Waals surface area (Å²) in [7, 11) is 0.665. The van der Waals surface area contributed by atoms with E-state index in [9.17, 15) is 18.0 Å². The molecule has 11 heteroatoms. The second kappa shape index (κ2) is 37.7. The van der Waals surface area contributed by atoms with E-state index in [0.717, 1.165) is 25.7 Å². The third-order valence-electron chi connectivity index (χ3n) is 6.38. The first kappa shape index (κ1) is 45.2. The minimum Gasteiger partial charge on any atom is -0.481 e. The van der Waals surface area contributed by atoms with Crippen LogP contribution in [0.3, 0.4) is 0 Å². The van der Waals surface area contributed by atoms with Crippen LogP contribution in [0.15, 0.2) is 0 Å². The van der Waals surface area contributed by atoms with E-state index in [1.165, 1.54) is 116 Å². The summed E-state index contributed by atoms with van der Waals surface area (Å²) in [5.74, 6) is -0.822. The standard InChI is InChI=1S/C15H29ClO2.C14H28O2.CH2Cl2O3S/c1-2-3-4-5-6-7-8-9-10-11-12-13-15(17)18-14-16;1-2-3-4-5-6-7-8-9-10-11-12-13-14(15)16;2-1-6-7(3,4)5/h2-14H2,1H3;2-13H2,1H3,(H,15,16);1H2. The van der Waals surface area contributed by atoms with Gasteiger partial charge in [-0.2, -0.15) is 8.42 Å². The maximum absolute atomic E-state index is 11.0. The van der Waals surface area contributed by atoms with Gasteiger partial charge in [-0.15, -0.1) is 0 Å². The highest BCUT2D eigenvalue weighted by atomic mass is 35.7. The first-order valence-electron chi connectivity index (χ1n) is 15.7. The largest absolute Gasteiger partial charge is 0.481 e. The Bertz CT molecular complexity index is 650. The molecule has 7 nitrogen and oxygen atoms in total. The van der Waals surface area contributed by atoms with Crippen LogP contribution in [0.4, 0.5) is 0 Å². The molecular formula is C30H59Cl3O7S. The molecule has 1 N–H and O–H groups in total. The van der Waals surface area contributed by atoms with Gasteiger partial charge >= 0.3 is 21.3 Å². The van der Waals surface area contributed by atoms with Crippen LogP contribution in [-0.4, -0.2) is 37.6 Å². The van der Waals surface area contributed by atoms with E-state index in [-0.39, 0.29) is 12.0 Å². The van der Waals surface area contributed by atoms with Gasteiger partial charge in [-0.25, -0.2) is 4.18 Å². The Kier molecular flexibility index (Phi) is 41.6. The number of hydrogen-bond acceptors (Lipinski definition) is 6. The fraction of sp³-hybridized carbons (Fsp3) is 0.933. The topological polar surface area (TPSA) is 107 Å². The number of halogens is 3. The third-order valence-corrected chi connectivity index (χ3v) is 7.39. The van der Waals surface area contributed by atoms with E-state index in [1.54, 1.807) is 0 Å². The zero-order valence-electron chi connectivity index (χ0n) is 25.8. The molecule has 0 aliphatic carbocycles. The normalized spacial score (nSPS) is 10.8. The number of carbonyl (C=O) groups is 2. The molecule has 41 heavy (non-hydrogen) atoms. The number of rotatable bonds is 27. The first-order chi connectivity index (χ1) is 19.6. The number of aliphatic carboxylic acids is 1. The predicted octanol–water partition coefficient (Wildman–Crippen LogP) is 10.9. The number of unbranched alkanes of at least 4 members (excludes halogenated alkanes) is 20. The highest BCUT2D eigenvalue weighted by Gasteiger charge is 2.01. The van der Waals surface area contributed by atoms with Gasteiger partial charge in [-0.05, 0) is 12.8 Å². The van der Waals surface area contributed by atoms with Gasteiger partial charge in [-0.1, -0.05) is 165 Å². The van der Waals surface area contributed by atoms with Crippen molar-refractivity contribution in [1.29, 1.82) is 0 Å². The molecule has 0 saturated carbocycles. The maximum atomic E-state index is 11.0. The second-order valence-electron chi connectivity index (χ2n) is 10.2. The van der Waals surface area contributed by atoms with Crippen LogP contribution < -0.4 is 0 Å². The van der Waals surface area contributed by atoms with Crippen LogP contribution in [0.2, 0.25) is 0 Å². The van der Waals surface area contributed by atoms with Crippen LogP contribution in [0.25, 0.3) is 0 Å². The first-order valence-corrected chi connectivity index (χ1v) is 19.0. The Morgan fingerprint density at radius 2 is 0.878 bits per heavy atom. The zero-order chi connectivity index (χ0) is 31.5. The number of carboxylic acid groups (broad SMARTS) is 1. The molecule has 0 radical (unpaired) electrons. The Morgan fingerprint density at radius 1 is 0.561 bits per heavy atom. The lowest BCUT2D eigenvalue weighted by Gasteiger charge is -2.02. The molecule has 0 unspecified atom stereocenters. The molecule has 0 aromatic heterocycles. The molecule has 0 aromatic rings. The molecule has 0 saturated heterocycles. The van der Waals surface area contributed by atoms with Crippen molar-refractivity contribution in [2.75, 3.05) is 12.1 Å². The Balaban J connectivity index is -0.000000576. The average Bonchev–Trinajstić information content (AvgIpc) is 2.90. The van der Waals surface area contributed by atoms with Gasteiger partial charge in [0.2, 0.25) is 0 Å². The van der Waals surface area contributed by atoms with E-state index < -0.39 is 21.4 Å². The fourth-order valence-electron chi connectivity index (χ4n) is 4.06. The molecule has 0 aliphatic heterocycles. The van der Waals surface area contributed by atoms with Gasteiger partial charge in [0.15, 0.2) is 6.07 Å². The van der Waals surface area contributed by atoms with Crippen LogP contribution in [-0.2, 0) is 27.8 Å². The summed E-state index contributed by atoms with van der Waals surface area (Å²) >= 11 is 10.1. The molecule has 0 rings (SSSR count). The van der Waals surface area contributed by atoms with Crippen molar-refractivity contribution in [3.8, 4) is 0 Å². The Hall–Kier alpha value is -0.280. The quantitative estimate of drug-likeness (QED) is 0.0401. The van der Waals surface area contributed by atoms with Crippen molar-refractivity contribution in [2.24, 2.45) is 0 Å². The van der Waals surface area contributed by atoms with Gasteiger partial charge < -0.3 is 9.84 Å². The SMILES string of the molecule is CCCCCCCCCCCCCC(=O)O.CCCCCCCCCCCCCC(=O)OCCl.O=S(=O)(Cl)OCCl. The number of alkyl halides is 2. The molecular weight excluding hydrogens is 611 g/mol. The minimum atomic E-state index is -3.83. The summed E-state index contributed by atoms with van der Waals surface area (Å²) < 4.78 is 27.8. The third kappa shape index (κ3) is 52.8. The lowest BCUT2D eigenvalue weighted by atomic mass is 10.1. The number of carbonyl (C=O) groups excluding carboxylic acids is 1. The summed E-state index contributed by atoms with van der Waals surface area (Å²) in [4.78, 5) is 21.3. The lowest BCUT2D eigenvalue weighted by Crippen LogP contribution is -2.01. The summed E-state index contributed by atoms with van der Waals surface area (Å²) in [6.45, 7) is 4.50. The predicted molar refractivity (Wildman–Crippen MR) is 173 cm³/mol. The maximum Gasteiger partial charge on any atom is 0.356 e. The number of ether oxygens (including phenoxy) is 1.